The molecule has 1 amide bonds. The second-order valence-corrected chi connectivity index (χ2v) is 6.51. The van der Waals surface area contributed by atoms with Gasteiger partial charge in [-0.3, -0.25) is 9.69 Å². The SMILES string of the molecule is COCCCN1C(=O)/C(=C\c2c(C)nn(-c3ccccc3)c2C)NC1=S. The fraction of sp³-hybridized carbons (Fsp3) is 0.316. The molecule has 1 aromatic heterocycles. The van der Waals surface area contributed by atoms with E-state index in [1.165, 1.54) is 0 Å². The Hall–Kier alpha value is -2.51. The lowest BCUT2D eigenvalue weighted by Gasteiger charge is -2.12. The van der Waals surface area contributed by atoms with Crippen molar-refractivity contribution in [3.05, 3.63) is 53.0 Å². The number of hydrogen-bond donors (Lipinski definition) is 1. The molecule has 3 rings (SSSR count). The number of carbonyl (C=O) groups excluding carboxylic acids is 1. The molecule has 7 heteroatoms. The van der Waals surface area contributed by atoms with Crippen molar-refractivity contribution in [1.82, 2.24) is 20.0 Å². The molecule has 0 atom stereocenters. The number of thiocarbonyl (C=S) groups is 1. The molecule has 136 valence electrons. The third kappa shape index (κ3) is 3.54. The van der Waals surface area contributed by atoms with Crippen LogP contribution in [0.3, 0.4) is 0 Å². The molecular weight excluding hydrogens is 348 g/mol. The van der Waals surface area contributed by atoms with E-state index in [1.807, 2.05) is 54.9 Å². The Morgan fingerprint density at radius 3 is 2.69 bits per heavy atom. The topological polar surface area (TPSA) is 59.4 Å². The number of benzene rings is 1. The smallest absolute Gasteiger partial charge is 0.276 e. The highest BCUT2D eigenvalue weighted by atomic mass is 32.1. The lowest BCUT2D eigenvalue weighted by atomic mass is 10.1. The molecule has 1 saturated heterocycles. The van der Waals surface area contributed by atoms with Crippen molar-refractivity contribution in [3.63, 3.8) is 0 Å². The van der Waals surface area contributed by atoms with Crippen LogP contribution in [0.15, 0.2) is 36.0 Å². The lowest BCUT2D eigenvalue weighted by molar-refractivity contribution is -0.122. The zero-order valence-corrected chi connectivity index (χ0v) is 16.0. The van der Waals surface area contributed by atoms with Gasteiger partial charge >= 0.3 is 0 Å². The summed E-state index contributed by atoms with van der Waals surface area (Å²) in [5.41, 5.74) is 4.22. The molecule has 1 fully saturated rings. The van der Waals surface area contributed by atoms with Crippen LogP contribution in [0.25, 0.3) is 11.8 Å². The fourth-order valence-corrected chi connectivity index (χ4v) is 3.25. The van der Waals surface area contributed by atoms with Crippen LogP contribution in [0.5, 0.6) is 0 Å². The zero-order chi connectivity index (χ0) is 18.7. The van der Waals surface area contributed by atoms with Crippen LogP contribution >= 0.6 is 12.2 Å². The van der Waals surface area contributed by atoms with Crippen LogP contribution in [-0.2, 0) is 9.53 Å². The number of para-hydroxylation sites is 1. The molecule has 26 heavy (non-hydrogen) atoms. The highest BCUT2D eigenvalue weighted by Gasteiger charge is 2.30. The summed E-state index contributed by atoms with van der Waals surface area (Å²) in [5, 5.41) is 8.07. The molecule has 6 nitrogen and oxygen atoms in total. The highest BCUT2D eigenvalue weighted by Crippen LogP contribution is 2.22. The quantitative estimate of drug-likeness (QED) is 0.481. The highest BCUT2D eigenvalue weighted by molar-refractivity contribution is 7.80. The third-order valence-electron chi connectivity index (χ3n) is 4.33. The van der Waals surface area contributed by atoms with Crippen LogP contribution in [0.4, 0.5) is 0 Å². The molecule has 0 bridgehead atoms. The number of methoxy groups -OCH3 is 1. The van der Waals surface area contributed by atoms with E-state index in [9.17, 15) is 4.79 Å². The van der Waals surface area contributed by atoms with Gasteiger partial charge in [0.25, 0.3) is 5.91 Å². The van der Waals surface area contributed by atoms with Gasteiger partial charge in [-0.05, 0) is 50.7 Å². The summed E-state index contributed by atoms with van der Waals surface area (Å²) in [4.78, 5) is 14.2. The Kier molecular flexibility index (Phi) is 5.49. The Bertz CT molecular complexity index is 858. The van der Waals surface area contributed by atoms with Crippen LogP contribution in [-0.4, -0.2) is 46.0 Å². The summed E-state index contributed by atoms with van der Waals surface area (Å²) in [5.74, 6) is -0.114. The van der Waals surface area contributed by atoms with E-state index in [1.54, 1.807) is 12.0 Å². The zero-order valence-electron chi connectivity index (χ0n) is 15.2. The lowest BCUT2D eigenvalue weighted by Crippen LogP contribution is -2.32. The minimum atomic E-state index is -0.114. The van der Waals surface area contributed by atoms with Crippen molar-refractivity contribution in [1.29, 1.82) is 0 Å². The first-order valence-electron chi connectivity index (χ1n) is 8.48. The maximum Gasteiger partial charge on any atom is 0.276 e. The van der Waals surface area contributed by atoms with Gasteiger partial charge in [0.15, 0.2) is 5.11 Å². The van der Waals surface area contributed by atoms with Crippen molar-refractivity contribution in [2.24, 2.45) is 0 Å². The average Bonchev–Trinajstić information content (AvgIpc) is 3.07. The van der Waals surface area contributed by atoms with E-state index in [-0.39, 0.29) is 5.91 Å². The number of amides is 1. The van der Waals surface area contributed by atoms with Crippen LogP contribution in [0, 0.1) is 13.8 Å². The molecule has 0 aliphatic carbocycles. The second kappa shape index (κ2) is 7.80. The van der Waals surface area contributed by atoms with Gasteiger partial charge in [0.2, 0.25) is 0 Å². The normalized spacial score (nSPS) is 15.8. The molecule has 1 aliphatic heterocycles. The summed E-state index contributed by atoms with van der Waals surface area (Å²) in [6.07, 6.45) is 2.57. The average molecular weight is 370 g/mol. The van der Waals surface area contributed by atoms with E-state index < -0.39 is 0 Å². The maximum atomic E-state index is 12.7. The second-order valence-electron chi connectivity index (χ2n) is 6.12. The van der Waals surface area contributed by atoms with Gasteiger partial charge in [0, 0.05) is 31.5 Å². The molecule has 1 N–H and O–H groups in total. The Morgan fingerprint density at radius 2 is 2.00 bits per heavy atom. The van der Waals surface area contributed by atoms with Gasteiger partial charge in [-0.25, -0.2) is 4.68 Å². The molecule has 0 unspecified atom stereocenters. The first-order valence-corrected chi connectivity index (χ1v) is 8.89. The predicted molar refractivity (Wildman–Crippen MR) is 105 cm³/mol. The van der Waals surface area contributed by atoms with Gasteiger partial charge in [-0.15, -0.1) is 0 Å². The number of nitrogens with one attached hydrogen (secondary N) is 1. The molecule has 2 heterocycles. The summed E-state index contributed by atoms with van der Waals surface area (Å²) < 4.78 is 6.93. The third-order valence-corrected chi connectivity index (χ3v) is 4.65. The first kappa shape index (κ1) is 18.3. The van der Waals surface area contributed by atoms with Gasteiger partial charge in [-0.2, -0.15) is 5.10 Å². The first-order chi connectivity index (χ1) is 12.5. The number of ether oxygens (including phenoxy) is 1. The molecule has 0 spiro atoms. The summed E-state index contributed by atoms with van der Waals surface area (Å²) >= 11 is 5.30. The summed E-state index contributed by atoms with van der Waals surface area (Å²) in [7, 11) is 1.64. The molecule has 1 aromatic carbocycles. The van der Waals surface area contributed by atoms with E-state index in [0.29, 0.717) is 24.0 Å². The number of nitrogens with zero attached hydrogens (tertiary/aromatic N) is 3. The van der Waals surface area contributed by atoms with Crippen molar-refractivity contribution in [3.8, 4) is 5.69 Å². The number of carbonyl (C=O) groups is 1. The van der Waals surface area contributed by atoms with Crippen molar-refractivity contribution in [2.75, 3.05) is 20.3 Å². The standard InChI is InChI=1S/C19H22N4O2S/c1-13-16(14(2)23(21-13)15-8-5-4-6-9-15)12-17-18(24)22(19(26)20-17)10-7-11-25-3/h4-6,8-9,12H,7,10-11H2,1-3H3,(H,20,26)/b17-12+. The number of rotatable bonds is 6. The largest absolute Gasteiger partial charge is 0.385 e. The molecule has 0 radical (unpaired) electrons. The number of hydrogen-bond acceptors (Lipinski definition) is 4. The Balaban J connectivity index is 1.88. The summed E-state index contributed by atoms with van der Waals surface area (Å²) in [6, 6.07) is 9.92. The molecule has 1 aliphatic rings. The molecule has 0 saturated carbocycles. The van der Waals surface area contributed by atoms with Gasteiger partial charge in [0.05, 0.1) is 11.4 Å². The number of aryl methyl sites for hydroxylation is 1. The van der Waals surface area contributed by atoms with Gasteiger partial charge < -0.3 is 10.1 Å². The molecular formula is C19H22N4O2S. The van der Waals surface area contributed by atoms with E-state index in [4.69, 9.17) is 17.0 Å². The van der Waals surface area contributed by atoms with Crippen molar-refractivity contribution < 1.29 is 9.53 Å². The van der Waals surface area contributed by atoms with Gasteiger partial charge in [0.1, 0.15) is 5.70 Å². The summed E-state index contributed by atoms with van der Waals surface area (Å²) in [6.45, 7) is 5.06. The van der Waals surface area contributed by atoms with E-state index in [2.05, 4.69) is 10.4 Å². The van der Waals surface area contributed by atoms with Crippen molar-refractivity contribution >= 4 is 29.3 Å². The maximum absolute atomic E-state index is 12.7. The van der Waals surface area contributed by atoms with Gasteiger partial charge in [-0.1, -0.05) is 18.2 Å². The number of aromatic nitrogens is 2. The minimum absolute atomic E-state index is 0.114. The Labute approximate surface area is 158 Å². The predicted octanol–water partition coefficient (Wildman–Crippen LogP) is 2.58. The molecule has 2 aromatic rings. The van der Waals surface area contributed by atoms with E-state index in [0.717, 1.165) is 29.1 Å². The van der Waals surface area contributed by atoms with Crippen LogP contribution in [0.2, 0.25) is 0 Å². The van der Waals surface area contributed by atoms with Crippen LogP contribution < -0.4 is 5.32 Å². The Morgan fingerprint density at radius 1 is 1.27 bits per heavy atom. The van der Waals surface area contributed by atoms with Crippen molar-refractivity contribution in [2.45, 2.75) is 20.3 Å². The fourth-order valence-electron chi connectivity index (χ4n) is 2.97. The minimum Gasteiger partial charge on any atom is -0.385 e. The van der Waals surface area contributed by atoms with Crippen LogP contribution in [0.1, 0.15) is 23.4 Å². The monoisotopic (exact) mass is 370 g/mol. The van der Waals surface area contributed by atoms with E-state index >= 15 is 0 Å².